The molecular weight excluding hydrogens is 237 g/mol. The Morgan fingerprint density at radius 1 is 1.06 bits per heavy atom. The van der Waals surface area contributed by atoms with Crippen molar-refractivity contribution in [2.24, 2.45) is 5.73 Å². The van der Waals surface area contributed by atoms with Gasteiger partial charge in [-0.15, -0.1) is 0 Å². The third-order valence-electron chi connectivity index (χ3n) is 2.79. The van der Waals surface area contributed by atoms with Crippen LogP contribution in [0.1, 0.15) is 17.0 Å². The molecule has 0 fully saturated rings. The molecule has 0 bridgehead atoms. The van der Waals surface area contributed by atoms with Gasteiger partial charge in [0.05, 0.1) is 0 Å². The van der Waals surface area contributed by atoms with E-state index in [2.05, 4.69) is 0 Å². The monoisotopic (exact) mass is 249 g/mol. The van der Waals surface area contributed by atoms with Gasteiger partial charge in [-0.05, 0) is 29.3 Å². The Morgan fingerprint density at radius 2 is 1.71 bits per heavy atom. The topological polar surface area (TPSA) is 26.0 Å². The summed E-state index contributed by atoms with van der Waals surface area (Å²) in [5, 5.41) is 0.665. The van der Waals surface area contributed by atoms with E-state index in [1.54, 1.807) is 24.3 Å². The van der Waals surface area contributed by atoms with Crippen molar-refractivity contribution < 1.29 is 4.39 Å². The van der Waals surface area contributed by atoms with Gasteiger partial charge in [0.15, 0.2) is 0 Å². The molecule has 0 aliphatic heterocycles. The highest BCUT2D eigenvalue weighted by Crippen LogP contribution is 2.26. The Labute approximate surface area is 105 Å². The maximum absolute atomic E-state index is 13.7. The summed E-state index contributed by atoms with van der Waals surface area (Å²) in [6.07, 6.45) is 0. The van der Waals surface area contributed by atoms with Gasteiger partial charge in [0.1, 0.15) is 5.82 Å². The van der Waals surface area contributed by atoms with E-state index in [1.165, 1.54) is 6.07 Å². The van der Waals surface area contributed by atoms with E-state index in [-0.39, 0.29) is 11.7 Å². The van der Waals surface area contributed by atoms with Crippen molar-refractivity contribution in [2.45, 2.75) is 5.92 Å². The van der Waals surface area contributed by atoms with Crippen molar-refractivity contribution in [3.05, 3.63) is 70.5 Å². The van der Waals surface area contributed by atoms with Crippen LogP contribution in [0.25, 0.3) is 0 Å². The first-order valence-corrected chi connectivity index (χ1v) is 5.80. The number of hydrogen-bond acceptors (Lipinski definition) is 1. The summed E-state index contributed by atoms with van der Waals surface area (Å²) in [4.78, 5) is 0. The summed E-state index contributed by atoms with van der Waals surface area (Å²) in [7, 11) is 0. The van der Waals surface area contributed by atoms with Crippen molar-refractivity contribution in [2.75, 3.05) is 6.54 Å². The average Bonchev–Trinajstić information content (AvgIpc) is 2.35. The number of nitrogens with two attached hydrogens (primary N) is 1. The van der Waals surface area contributed by atoms with Gasteiger partial charge in [-0.2, -0.15) is 0 Å². The fourth-order valence-corrected chi connectivity index (χ4v) is 2.02. The molecule has 17 heavy (non-hydrogen) atoms. The minimum atomic E-state index is -0.224. The smallest absolute Gasteiger partial charge is 0.127 e. The van der Waals surface area contributed by atoms with Gasteiger partial charge in [0.2, 0.25) is 0 Å². The van der Waals surface area contributed by atoms with Crippen molar-refractivity contribution >= 4 is 11.6 Å². The Morgan fingerprint density at radius 3 is 2.29 bits per heavy atom. The van der Waals surface area contributed by atoms with Crippen LogP contribution in [0.15, 0.2) is 48.5 Å². The fraction of sp³-hybridized carbons (Fsp3) is 0.143. The third kappa shape index (κ3) is 2.65. The van der Waals surface area contributed by atoms with E-state index in [0.717, 1.165) is 5.56 Å². The van der Waals surface area contributed by atoms with Crippen LogP contribution >= 0.6 is 11.6 Å². The molecule has 0 spiro atoms. The molecule has 0 aliphatic rings. The summed E-state index contributed by atoms with van der Waals surface area (Å²) in [5.74, 6) is -0.355. The zero-order valence-electron chi connectivity index (χ0n) is 9.24. The van der Waals surface area contributed by atoms with Gasteiger partial charge in [-0.25, -0.2) is 4.39 Å². The van der Waals surface area contributed by atoms with Gasteiger partial charge < -0.3 is 5.73 Å². The van der Waals surface area contributed by atoms with Crippen molar-refractivity contribution in [3.63, 3.8) is 0 Å². The van der Waals surface area contributed by atoms with Gasteiger partial charge in [-0.3, -0.25) is 0 Å². The van der Waals surface area contributed by atoms with Crippen LogP contribution in [0, 0.1) is 5.82 Å². The lowest BCUT2D eigenvalue weighted by Crippen LogP contribution is -2.15. The Hall–Kier alpha value is -1.38. The Kier molecular flexibility index (Phi) is 3.77. The second-order valence-corrected chi connectivity index (χ2v) is 4.30. The molecule has 2 aromatic rings. The van der Waals surface area contributed by atoms with Crippen LogP contribution in [0.5, 0.6) is 0 Å². The molecular formula is C14H13ClFN. The molecule has 2 rings (SSSR count). The summed E-state index contributed by atoms with van der Waals surface area (Å²) >= 11 is 5.83. The molecule has 3 heteroatoms. The van der Waals surface area contributed by atoms with Crippen molar-refractivity contribution in [3.8, 4) is 0 Å². The summed E-state index contributed by atoms with van der Waals surface area (Å²) in [6.45, 7) is 0.364. The molecule has 88 valence electrons. The number of halogens is 2. The Bertz CT molecular complexity index is 496. The highest BCUT2D eigenvalue weighted by atomic mass is 35.5. The summed E-state index contributed by atoms with van der Waals surface area (Å²) in [5.41, 5.74) is 7.34. The number of rotatable bonds is 3. The van der Waals surface area contributed by atoms with Gasteiger partial charge in [0.25, 0.3) is 0 Å². The van der Waals surface area contributed by atoms with E-state index in [1.807, 2.05) is 18.2 Å². The molecule has 0 saturated heterocycles. The maximum Gasteiger partial charge on any atom is 0.127 e. The van der Waals surface area contributed by atoms with E-state index in [0.29, 0.717) is 17.1 Å². The molecule has 1 unspecified atom stereocenters. The van der Waals surface area contributed by atoms with Crippen LogP contribution in [0.3, 0.4) is 0 Å². The highest BCUT2D eigenvalue weighted by Gasteiger charge is 2.15. The molecule has 0 heterocycles. The zero-order chi connectivity index (χ0) is 12.3. The molecule has 0 amide bonds. The van der Waals surface area contributed by atoms with Crippen LogP contribution in [-0.4, -0.2) is 6.54 Å². The first kappa shape index (κ1) is 12.1. The fourth-order valence-electron chi connectivity index (χ4n) is 1.90. The van der Waals surface area contributed by atoms with Crippen molar-refractivity contribution in [1.29, 1.82) is 0 Å². The van der Waals surface area contributed by atoms with E-state index < -0.39 is 0 Å². The van der Waals surface area contributed by atoms with Gasteiger partial charge >= 0.3 is 0 Å². The predicted octanol–water partition coefficient (Wildman–Crippen LogP) is 3.57. The SMILES string of the molecule is NCC(c1ccc(Cl)cc1)c1ccccc1F. The average molecular weight is 250 g/mol. The standard InChI is InChI=1S/C14H13ClFN/c15-11-7-5-10(6-8-11)13(9-17)12-3-1-2-4-14(12)16/h1-8,13H,9,17H2. The lowest BCUT2D eigenvalue weighted by molar-refractivity contribution is 0.597. The second kappa shape index (κ2) is 5.30. The predicted molar refractivity (Wildman–Crippen MR) is 68.7 cm³/mol. The minimum Gasteiger partial charge on any atom is -0.330 e. The normalized spacial score (nSPS) is 12.4. The van der Waals surface area contributed by atoms with Gasteiger partial charge in [0, 0.05) is 17.5 Å². The zero-order valence-corrected chi connectivity index (χ0v) is 9.99. The maximum atomic E-state index is 13.7. The Balaban J connectivity index is 2.40. The van der Waals surface area contributed by atoms with E-state index in [9.17, 15) is 4.39 Å². The molecule has 2 aromatic carbocycles. The molecule has 0 saturated carbocycles. The van der Waals surface area contributed by atoms with Crippen LogP contribution in [0.2, 0.25) is 5.02 Å². The molecule has 1 atom stereocenters. The minimum absolute atomic E-state index is 0.131. The first-order valence-electron chi connectivity index (χ1n) is 5.42. The van der Waals surface area contributed by atoms with Crippen LogP contribution < -0.4 is 5.73 Å². The molecule has 0 aromatic heterocycles. The largest absolute Gasteiger partial charge is 0.330 e. The molecule has 1 nitrogen and oxygen atoms in total. The van der Waals surface area contributed by atoms with E-state index in [4.69, 9.17) is 17.3 Å². The quantitative estimate of drug-likeness (QED) is 0.884. The van der Waals surface area contributed by atoms with Crippen molar-refractivity contribution in [1.82, 2.24) is 0 Å². The summed E-state index contributed by atoms with van der Waals surface area (Å²) in [6, 6.07) is 14.1. The molecule has 0 aliphatic carbocycles. The lowest BCUT2D eigenvalue weighted by Gasteiger charge is -2.16. The van der Waals surface area contributed by atoms with E-state index >= 15 is 0 Å². The first-order chi connectivity index (χ1) is 8.22. The molecule has 2 N–H and O–H groups in total. The number of benzene rings is 2. The summed E-state index contributed by atoms with van der Waals surface area (Å²) < 4.78 is 13.7. The lowest BCUT2D eigenvalue weighted by atomic mass is 9.91. The second-order valence-electron chi connectivity index (χ2n) is 3.86. The number of hydrogen-bond donors (Lipinski definition) is 1. The van der Waals surface area contributed by atoms with Crippen LogP contribution in [0.4, 0.5) is 4.39 Å². The highest BCUT2D eigenvalue weighted by molar-refractivity contribution is 6.30. The molecule has 0 radical (unpaired) electrons. The third-order valence-corrected chi connectivity index (χ3v) is 3.04. The van der Waals surface area contributed by atoms with Crippen LogP contribution in [-0.2, 0) is 0 Å². The van der Waals surface area contributed by atoms with Gasteiger partial charge in [-0.1, -0.05) is 41.9 Å².